The number of nitrogens with zero attached hydrogens (tertiary/aromatic N) is 1. The number of carbonyl (C=O) groups is 2. The molecule has 0 spiro atoms. The zero-order chi connectivity index (χ0) is 10.7. The Labute approximate surface area is 82.3 Å². The Morgan fingerprint density at radius 3 is 2.36 bits per heavy atom. The van der Waals surface area contributed by atoms with Crippen molar-refractivity contribution in [1.29, 1.82) is 0 Å². The number of aliphatic hydroxyl groups excluding tert-OH is 1. The highest BCUT2D eigenvalue weighted by molar-refractivity contribution is 6.31. The van der Waals surface area contributed by atoms with Crippen LogP contribution in [0.5, 0.6) is 0 Å². The van der Waals surface area contributed by atoms with Crippen molar-refractivity contribution in [3.8, 4) is 0 Å². The van der Waals surface area contributed by atoms with Gasteiger partial charge in [0.05, 0.1) is 12.1 Å². The minimum Gasteiger partial charge on any atom is -0.474 e. The van der Waals surface area contributed by atoms with Gasteiger partial charge >= 0.3 is 11.9 Å². The molecule has 1 aliphatic rings. The summed E-state index contributed by atoms with van der Waals surface area (Å²) in [7, 11) is 1.43. The molecule has 0 saturated heterocycles. The standard InChI is InChI=1S/C9H15NO4/c1-10(8(12)9(13)14)6-4-2-3-5-7(6)11/h6-7,11H,2-5H2,1H3,(H,13,14). The third-order valence-corrected chi connectivity index (χ3v) is 2.69. The van der Waals surface area contributed by atoms with E-state index in [2.05, 4.69) is 0 Å². The number of aliphatic carboxylic acids is 1. The molecule has 0 aromatic carbocycles. The summed E-state index contributed by atoms with van der Waals surface area (Å²) < 4.78 is 0. The van der Waals surface area contributed by atoms with Crippen LogP contribution in [-0.2, 0) is 9.59 Å². The molecule has 0 aromatic rings. The lowest BCUT2D eigenvalue weighted by Gasteiger charge is -2.34. The average molecular weight is 201 g/mol. The van der Waals surface area contributed by atoms with E-state index in [4.69, 9.17) is 5.11 Å². The van der Waals surface area contributed by atoms with Gasteiger partial charge in [-0.1, -0.05) is 12.8 Å². The molecule has 5 heteroatoms. The first-order chi connectivity index (χ1) is 6.54. The molecule has 0 aliphatic heterocycles. The van der Waals surface area contributed by atoms with Gasteiger partial charge in [-0.3, -0.25) is 4.79 Å². The Morgan fingerprint density at radius 1 is 1.29 bits per heavy atom. The number of hydrogen-bond donors (Lipinski definition) is 2. The fourth-order valence-electron chi connectivity index (χ4n) is 1.84. The van der Waals surface area contributed by atoms with Gasteiger partial charge in [0, 0.05) is 7.05 Å². The van der Waals surface area contributed by atoms with Gasteiger partial charge in [-0.05, 0) is 12.8 Å². The van der Waals surface area contributed by atoms with Gasteiger partial charge in [0.25, 0.3) is 0 Å². The summed E-state index contributed by atoms with van der Waals surface area (Å²) in [4.78, 5) is 22.7. The number of rotatable bonds is 1. The molecule has 2 atom stereocenters. The van der Waals surface area contributed by atoms with Gasteiger partial charge in [-0.15, -0.1) is 0 Å². The molecule has 14 heavy (non-hydrogen) atoms. The molecule has 1 rings (SSSR count). The normalized spacial score (nSPS) is 27.0. The first-order valence-electron chi connectivity index (χ1n) is 4.72. The highest BCUT2D eigenvalue weighted by atomic mass is 16.4. The summed E-state index contributed by atoms with van der Waals surface area (Å²) in [5.74, 6) is -2.42. The van der Waals surface area contributed by atoms with Gasteiger partial charge in [0.15, 0.2) is 0 Å². The molecule has 1 aliphatic carbocycles. The molecular formula is C9H15NO4. The number of likely N-dealkylation sites (N-methyl/N-ethyl adjacent to an activating group) is 1. The van der Waals surface area contributed by atoms with E-state index in [1.807, 2.05) is 0 Å². The second kappa shape index (κ2) is 4.41. The lowest BCUT2D eigenvalue weighted by Crippen LogP contribution is -2.48. The molecule has 80 valence electrons. The molecule has 0 radical (unpaired) electrons. The molecule has 0 aromatic heterocycles. The predicted octanol–water partition coefficient (Wildman–Crippen LogP) is -0.167. The highest BCUT2D eigenvalue weighted by Gasteiger charge is 2.31. The van der Waals surface area contributed by atoms with Crippen LogP contribution in [0.2, 0.25) is 0 Å². The average Bonchev–Trinajstić information content (AvgIpc) is 2.16. The Hall–Kier alpha value is -1.10. The minimum absolute atomic E-state index is 0.340. The van der Waals surface area contributed by atoms with Crippen LogP contribution in [0, 0.1) is 0 Å². The zero-order valence-corrected chi connectivity index (χ0v) is 8.14. The van der Waals surface area contributed by atoms with E-state index in [-0.39, 0.29) is 6.04 Å². The van der Waals surface area contributed by atoms with E-state index in [0.29, 0.717) is 12.8 Å². The maximum Gasteiger partial charge on any atom is 0.394 e. The smallest absolute Gasteiger partial charge is 0.394 e. The highest BCUT2D eigenvalue weighted by Crippen LogP contribution is 2.22. The van der Waals surface area contributed by atoms with Gasteiger partial charge in [0.1, 0.15) is 0 Å². The second-order valence-corrected chi connectivity index (χ2v) is 3.64. The molecule has 5 nitrogen and oxygen atoms in total. The van der Waals surface area contributed by atoms with Crippen LogP contribution in [0.1, 0.15) is 25.7 Å². The fraction of sp³-hybridized carbons (Fsp3) is 0.778. The SMILES string of the molecule is CN(C(=O)C(=O)O)C1CCCCC1O. The summed E-state index contributed by atoms with van der Waals surface area (Å²) in [6.45, 7) is 0. The largest absolute Gasteiger partial charge is 0.474 e. The van der Waals surface area contributed by atoms with Crippen LogP contribution in [-0.4, -0.2) is 46.2 Å². The van der Waals surface area contributed by atoms with Crippen molar-refractivity contribution in [2.24, 2.45) is 0 Å². The Bertz CT molecular complexity index is 241. The predicted molar refractivity (Wildman–Crippen MR) is 48.7 cm³/mol. The van der Waals surface area contributed by atoms with Crippen LogP contribution in [0.4, 0.5) is 0 Å². The van der Waals surface area contributed by atoms with Crippen molar-refractivity contribution in [1.82, 2.24) is 4.90 Å². The number of hydrogen-bond acceptors (Lipinski definition) is 3. The van der Waals surface area contributed by atoms with Gasteiger partial charge in [0.2, 0.25) is 0 Å². The first-order valence-corrected chi connectivity index (χ1v) is 4.72. The molecule has 0 heterocycles. The van der Waals surface area contributed by atoms with E-state index in [0.717, 1.165) is 17.7 Å². The molecule has 1 amide bonds. The van der Waals surface area contributed by atoms with Crippen molar-refractivity contribution >= 4 is 11.9 Å². The molecule has 2 N–H and O–H groups in total. The van der Waals surface area contributed by atoms with Crippen LogP contribution in [0.3, 0.4) is 0 Å². The lowest BCUT2D eigenvalue weighted by molar-refractivity contribution is -0.158. The summed E-state index contributed by atoms with van der Waals surface area (Å²) in [5, 5.41) is 18.1. The van der Waals surface area contributed by atoms with E-state index < -0.39 is 18.0 Å². The van der Waals surface area contributed by atoms with Crippen molar-refractivity contribution in [3.63, 3.8) is 0 Å². The van der Waals surface area contributed by atoms with E-state index in [9.17, 15) is 14.7 Å². The van der Waals surface area contributed by atoms with Crippen molar-refractivity contribution in [3.05, 3.63) is 0 Å². The Kier molecular flexibility index (Phi) is 3.46. The third-order valence-electron chi connectivity index (χ3n) is 2.69. The lowest BCUT2D eigenvalue weighted by atomic mass is 9.91. The molecule has 1 saturated carbocycles. The first kappa shape index (κ1) is 11.0. The maximum absolute atomic E-state index is 11.1. The van der Waals surface area contributed by atoms with E-state index in [1.165, 1.54) is 7.05 Å². The monoisotopic (exact) mass is 201 g/mol. The van der Waals surface area contributed by atoms with Gasteiger partial charge in [-0.2, -0.15) is 0 Å². The van der Waals surface area contributed by atoms with Crippen LogP contribution < -0.4 is 0 Å². The zero-order valence-electron chi connectivity index (χ0n) is 8.14. The van der Waals surface area contributed by atoms with E-state index >= 15 is 0 Å². The van der Waals surface area contributed by atoms with Crippen molar-refractivity contribution < 1.29 is 19.8 Å². The minimum atomic E-state index is -1.47. The Balaban J connectivity index is 2.62. The molecule has 0 bridgehead atoms. The quantitative estimate of drug-likeness (QED) is 0.577. The topological polar surface area (TPSA) is 77.8 Å². The Morgan fingerprint density at radius 2 is 1.86 bits per heavy atom. The third kappa shape index (κ3) is 2.23. The van der Waals surface area contributed by atoms with Gasteiger partial charge in [-0.25, -0.2) is 4.79 Å². The van der Waals surface area contributed by atoms with E-state index in [1.54, 1.807) is 0 Å². The number of amides is 1. The van der Waals surface area contributed by atoms with Crippen LogP contribution in [0.25, 0.3) is 0 Å². The summed E-state index contributed by atoms with van der Waals surface area (Å²) >= 11 is 0. The fourth-order valence-corrected chi connectivity index (χ4v) is 1.84. The van der Waals surface area contributed by atoms with Gasteiger partial charge < -0.3 is 15.1 Å². The molecular weight excluding hydrogens is 186 g/mol. The maximum atomic E-state index is 11.1. The molecule has 1 fully saturated rings. The summed E-state index contributed by atoms with van der Waals surface area (Å²) in [5.41, 5.74) is 0. The van der Waals surface area contributed by atoms with Crippen molar-refractivity contribution in [2.45, 2.75) is 37.8 Å². The molecule has 2 unspecified atom stereocenters. The number of carboxylic acids is 1. The van der Waals surface area contributed by atoms with Crippen LogP contribution in [0.15, 0.2) is 0 Å². The summed E-state index contributed by atoms with van der Waals surface area (Å²) in [6.07, 6.45) is 2.60. The summed E-state index contributed by atoms with van der Waals surface area (Å²) in [6, 6.07) is -0.340. The second-order valence-electron chi connectivity index (χ2n) is 3.64. The van der Waals surface area contributed by atoms with Crippen molar-refractivity contribution in [2.75, 3.05) is 7.05 Å². The van der Waals surface area contributed by atoms with Crippen LogP contribution >= 0.6 is 0 Å². The number of carbonyl (C=O) groups excluding carboxylic acids is 1. The number of carboxylic acid groups (broad SMARTS) is 1. The number of aliphatic hydroxyl groups is 1.